The Balaban J connectivity index is 1.20. The maximum atomic E-state index is 12.8. The van der Waals surface area contributed by atoms with Crippen LogP contribution in [0.5, 0.6) is 0 Å². The summed E-state index contributed by atoms with van der Waals surface area (Å²) in [6.45, 7) is 1.35. The van der Waals surface area contributed by atoms with E-state index in [-0.39, 0.29) is 17.9 Å². The number of likely N-dealkylation sites (tertiary alicyclic amines) is 1. The smallest absolute Gasteiger partial charge is 0.271 e. The van der Waals surface area contributed by atoms with E-state index in [0.717, 1.165) is 55.5 Å². The molecule has 8 heteroatoms. The van der Waals surface area contributed by atoms with E-state index in [4.69, 9.17) is 4.98 Å². The predicted molar refractivity (Wildman–Crippen MR) is 113 cm³/mol. The number of benzene rings is 1. The van der Waals surface area contributed by atoms with Crippen molar-refractivity contribution in [1.29, 1.82) is 0 Å². The van der Waals surface area contributed by atoms with Gasteiger partial charge in [-0.2, -0.15) is 0 Å². The van der Waals surface area contributed by atoms with Crippen LogP contribution in [0.15, 0.2) is 42.9 Å². The van der Waals surface area contributed by atoms with Crippen LogP contribution in [0, 0.1) is 0 Å². The van der Waals surface area contributed by atoms with Gasteiger partial charge in [0.2, 0.25) is 5.91 Å². The van der Waals surface area contributed by atoms with Crippen molar-refractivity contribution >= 4 is 22.8 Å². The molecule has 1 aliphatic heterocycles. The molecule has 0 saturated carbocycles. The first-order valence-electron chi connectivity index (χ1n) is 10.5. The summed E-state index contributed by atoms with van der Waals surface area (Å²) in [5.41, 5.74) is 2.27. The number of para-hydroxylation sites is 2. The van der Waals surface area contributed by atoms with Crippen LogP contribution in [-0.4, -0.2) is 49.7 Å². The number of nitrogens with one attached hydrogen (secondary N) is 2. The molecule has 0 aliphatic carbocycles. The Morgan fingerprint density at radius 2 is 2.07 bits per heavy atom. The Labute approximate surface area is 175 Å². The minimum absolute atomic E-state index is 0.0381. The summed E-state index contributed by atoms with van der Waals surface area (Å²) < 4.78 is 0. The SMILES string of the molecule is O=C(NCCCCCC(=O)N1CCC[C@H]1c1nc2ccccc2[nH]1)c1cnccn1. The lowest BCUT2D eigenvalue weighted by Gasteiger charge is -2.23. The normalized spacial score (nSPS) is 16.1. The summed E-state index contributed by atoms with van der Waals surface area (Å²) in [6.07, 6.45) is 9.47. The van der Waals surface area contributed by atoms with Gasteiger partial charge in [-0.25, -0.2) is 9.97 Å². The van der Waals surface area contributed by atoms with Crippen molar-refractivity contribution in [3.63, 3.8) is 0 Å². The topological polar surface area (TPSA) is 104 Å². The number of aromatic nitrogens is 4. The Hall–Kier alpha value is -3.29. The molecule has 2 amide bonds. The highest BCUT2D eigenvalue weighted by Gasteiger charge is 2.31. The molecule has 1 atom stereocenters. The number of rotatable bonds is 8. The van der Waals surface area contributed by atoms with E-state index in [1.807, 2.05) is 29.2 Å². The van der Waals surface area contributed by atoms with Gasteiger partial charge in [0.15, 0.2) is 0 Å². The van der Waals surface area contributed by atoms with Crippen LogP contribution in [0.1, 0.15) is 60.9 Å². The maximum Gasteiger partial charge on any atom is 0.271 e. The largest absolute Gasteiger partial charge is 0.351 e. The number of unbranched alkanes of at least 4 members (excludes halogenated alkanes) is 2. The molecule has 3 aromatic rings. The van der Waals surface area contributed by atoms with Gasteiger partial charge in [-0.3, -0.25) is 14.6 Å². The minimum Gasteiger partial charge on any atom is -0.351 e. The molecule has 0 unspecified atom stereocenters. The van der Waals surface area contributed by atoms with Crippen molar-refractivity contribution in [2.24, 2.45) is 0 Å². The molecule has 3 heterocycles. The van der Waals surface area contributed by atoms with Crippen LogP contribution in [-0.2, 0) is 4.79 Å². The third kappa shape index (κ3) is 4.64. The highest BCUT2D eigenvalue weighted by atomic mass is 16.2. The molecule has 0 spiro atoms. The molecule has 1 saturated heterocycles. The fraction of sp³-hybridized carbons (Fsp3) is 0.409. The van der Waals surface area contributed by atoms with Crippen molar-refractivity contribution < 1.29 is 9.59 Å². The van der Waals surface area contributed by atoms with Crippen LogP contribution < -0.4 is 5.32 Å². The van der Waals surface area contributed by atoms with Crippen LogP contribution in [0.3, 0.4) is 0 Å². The molecule has 1 fully saturated rings. The average Bonchev–Trinajstić information content (AvgIpc) is 3.43. The zero-order valence-corrected chi connectivity index (χ0v) is 16.9. The first-order valence-corrected chi connectivity index (χ1v) is 10.5. The molecule has 0 bridgehead atoms. The van der Waals surface area contributed by atoms with E-state index in [9.17, 15) is 9.59 Å². The number of hydrogen-bond donors (Lipinski definition) is 2. The lowest BCUT2D eigenvalue weighted by atomic mass is 10.1. The molecule has 8 nitrogen and oxygen atoms in total. The zero-order chi connectivity index (χ0) is 20.8. The molecule has 156 valence electrons. The summed E-state index contributed by atoms with van der Waals surface area (Å²) in [5.74, 6) is 0.847. The Kier molecular flexibility index (Phi) is 6.32. The molecule has 2 N–H and O–H groups in total. The van der Waals surface area contributed by atoms with E-state index in [2.05, 4.69) is 20.3 Å². The van der Waals surface area contributed by atoms with Gasteiger partial charge < -0.3 is 15.2 Å². The third-order valence-corrected chi connectivity index (χ3v) is 5.45. The van der Waals surface area contributed by atoms with Gasteiger partial charge in [0.05, 0.1) is 23.3 Å². The quantitative estimate of drug-likeness (QED) is 0.560. The fourth-order valence-electron chi connectivity index (χ4n) is 3.91. The fourth-order valence-corrected chi connectivity index (χ4v) is 3.91. The van der Waals surface area contributed by atoms with Gasteiger partial charge in [-0.1, -0.05) is 18.6 Å². The van der Waals surface area contributed by atoms with Crippen molar-refractivity contribution in [3.05, 3.63) is 54.4 Å². The Morgan fingerprint density at radius 3 is 2.90 bits per heavy atom. The number of hydrogen-bond acceptors (Lipinski definition) is 5. The van der Waals surface area contributed by atoms with Crippen LogP contribution in [0.2, 0.25) is 0 Å². The molecular formula is C22H26N6O2. The Bertz CT molecular complexity index is 970. The number of imidazole rings is 1. The lowest BCUT2D eigenvalue weighted by molar-refractivity contribution is -0.132. The van der Waals surface area contributed by atoms with E-state index < -0.39 is 0 Å². The Morgan fingerprint density at radius 1 is 1.17 bits per heavy atom. The standard InChI is InChI=1S/C22H26N6O2/c29-20(10-2-1-5-11-25-22(30)18-15-23-12-13-24-18)28-14-6-9-19(28)21-26-16-7-3-4-8-17(16)27-21/h3-4,7-8,12-13,15,19H,1-2,5-6,9-11,14H2,(H,25,30)(H,26,27)/t19-/m0/s1. The number of nitrogens with zero attached hydrogens (tertiary/aromatic N) is 4. The first-order chi connectivity index (χ1) is 14.7. The van der Waals surface area contributed by atoms with Gasteiger partial charge in [-0.05, 0) is 37.8 Å². The van der Waals surface area contributed by atoms with Gasteiger partial charge in [0.25, 0.3) is 5.91 Å². The number of carbonyl (C=O) groups is 2. The van der Waals surface area contributed by atoms with Crippen molar-refractivity contribution in [3.8, 4) is 0 Å². The van der Waals surface area contributed by atoms with Gasteiger partial charge in [0, 0.05) is 31.9 Å². The van der Waals surface area contributed by atoms with Crippen molar-refractivity contribution in [2.45, 2.75) is 44.6 Å². The van der Waals surface area contributed by atoms with E-state index in [1.165, 1.54) is 18.6 Å². The van der Waals surface area contributed by atoms with Crippen LogP contribution in [0.4, 0.5) is 0 Å². The minimum atomic E-state index is -0.218. The predicted octanol–water partition coefficient (Wildman–Crippen LogP) is 3.01. The average molecular weight is 406 g/mol. The highest BCUT2D eigenvalue weighted by Crippen LogP contribution is 2.32. The number of amides is 2. The lowest BCUT2D eigenvalue weighted by Crippen LogP contribution is -2.31. The zero-order valence-electron chi connectivity index (χ0n) is 16.9. The molecule has 30 heavy (non-hydrogen) atoms. The summed E-state index contributed by atoms with van der Waals surface area (Å²) in [7, 11) is 0. The second-order valence-corrected chi connectivity index (χ2v) is 7.54. The first kappa shape index (κ1) is 20.0. The van der Waals surface area contributed by atoms with E-state index >= 15 is 0 Å². The van der Waals surface area contributed by atoms with Crippen molar-refractivity contribution in [1.82, 2.24) is 30.2 Å². The van der Waals surface area contributed by atoms with Gasteiger partial charge in [-0.15, -0.1) is 0 Å². The summed E-state index contributed by atoms with van der Waals surface area (Å²) in [6, 6.07) is 7.99. The highest BCUT2D eigenvalue weighted by molar-refractivity contribution is 5.91. The number of aromatic amines is 1. The summed E-state index contributed by atoms with van der Waals surface area (Å²) in [5, 5.41) is 2.83. The van der Waals surface area contributed by atoms with E-state index in [0.29, 0.717) is 18.7 Å². The number of fused-ring (bicyclic) bond motifs is 1. The third-order valence-electron chi connectivity index (χ3n) is 5.45. The summed E-state index contributed by atoms with van der Waals surface area (Å²) in [4.78, 5) is 42.6. The van der Waals surface area contributed by atoms with Crippen LogP contribution >= 0.6 is 0 Å². The maximum absolute atomic E-state index is 12.8. The second kappa shape index (κ2) is 9.47. The second-order valence-electron chi connectivity index (χ2n) is 7.54. The van der Waals surface area contributed by atoms with E-state index in [1.54, 1.807) is 0 Å². The van der Waals surface area contributed by atoms with Gasteiger partial charge in [0.1, 0.15) is 11.5 Å². The number of H-pyrrole nitrogens is 1. The summed E-state index contributed by atoms with van der Waals surface area (Å²) >= 11 is 0. The molecule has 1 aromatic carbocycles. The number of carbonyl (C=O) groups excluding carboxylic acids is 2. The monoisotopic (exact) mass is 406 g/mol. The van der Waals surface area contributed by atoms with Crippen molar-refractivity contribution in [2.75, 3.05) is 13.1 Å². The van der Waals surface area contributed by atoms with Crippen LogP contribution in [0.25, 0.3) is 11.0 Å². The molecular weight excluding hydrogens is 380 g/mol. The molecule has 4 rings (SSSR count). The molecule has 0 radical (unpaired) electrons. The molecule has 1 aliphatic rings. The van der Waals surface area contributed by atoms with Gasteiger partial charge >= 0.3 is 0 Å². The molecule has 2 aromatic heterocycles.